The molecule has 0 radical (unpaired) electrons. The lowest BCUT2D eigenvalue weighted by Gasteiger charge is -2.32. The Kier molecular flexibility index (Phi) is 5.07. The number of rotatable bonds is 4. The van der Waals surface area contributed by atoms with Gasteiger partial charge >= 0.3 is 0 Å². The van der Waals surface area contributed by atoms with Crippen LogP contribution in [0.3, 0.4) is 0 Å². The molecule has 116 valence electrons. The summed E-state index contributed by atoms with van der Waals surface area (Å²) in [5.41, 5.74) is 8.20. The Balaban J connectivity index is 2.01. The highest BCUT2D eigenvalue weighted by atomic mass is 16.1. The molecule has 2 rings (SSSR count). The third kappa shape index (κ3) is 3.88. The maximum absolute atomic E-state index is 12.3. The van der Waals surface area contributed by atoms with Crippen molar-refractivity contribution in [3.63, 3.8) is 0 Å². The quantitative estimate of drug-likeness (QED) is 0.826. The van der Waals surface area contributed by atoms with Crippen LogP contribution in [0.1, 0.15) is 30.1 Å². The zero-order chi connectivity index (χ0) is 15.4. The lowest BCUT2D eigenvalue weighted by Crippen LogP contribution is -2.47. The van der Waals surface area contributed by atoms with E-state index in [2.05, 4.69) is 17.1 Å². The topological polar surface area (TPSA) is 61.6 Å². The second kappa shape index (κ2) is 6.80. The predicted octanol–water partition coefficient (Wildman–Crippen LogP) is 1.55. The summed E-state index contributed by atoms with van der Waals surface area (Å²) in [7, 11) is 3.87. The van der Waals surface area contributed by atoms with Crippen LogP contribution in [0.25, 0.3) is 0 Å². The van der Waals surface area contributed by atoms with Gasteiger partial charge in [-0.25, -0.2) is 0 Å². The number of nitrogens with one attached hydrogen (secondary N) is 1. The van der Waals surface area contributed by atoms with E-state index in [1.807, 2.05) is 31.1 Å². The number of likely N-dealkylation sites (N-methyl/N-ethyl adjacent to an activating group) is 1. The molecule has 1 saturated heterocycles. The lowest BCUT2D eigenvalue weighted by molar-refractivity contribution is 0.0906. The highest BCUT2D eigenvalue weighted by molar-refractivity contribution is 5.96. The van der Waals surface area contributed by atoms with Crippen LogP contribution in [0.5, 0.6) is 0 Å². The van der Waals surface area contributed by atoms with Gasteiger partial charge in [-0.05, 0) is 44.1 Å². The Bertz CT molecular complexity index is 501. The first-order chi connectivity index (χ1) is 10.0. The van der Waals surface area contributed by atoms with Crippen LogP contribution >= 0.6 is 0 Å². The minimum atomic E-state index is -0.0324. The molecule has 1 unspecified atom stereocenters. The van der Waals surface area contributed by atoms with E-state index in [9.17, 15) is 4.79 Å². The Labute approximate surface area is 127 Å². The molecule has 0 saturated carbocycles. The van der Waals surface area contributed by atoms with E-state index in [0.717, 1.165) is 38.2 Å². The van der Waals surface area contributed by atoms with Gasteiger partial charge in [-0.15, -0.1) is 0 Å². The number of nitrogens with two attached hydrogens (primary N) is 1. The number of benzene rings is 1. The van der Waals surface area contributed by atoms with Crippen LogP contribution in [0, 0.1) is 0 Å². The van der Waals surface area contributed by atoms with E-state index in [1.165, 1.54) is 0 Å². The van der Waals surface area contributed by atoms with Crippen LogP contribution in [0.2, 0.25) is 0 Å². The maximum atomic E-state index is 12.3. The molecule has 0 aliphatic carbocycles. The zero-order valence-electron chi connectivity index (χ0n) is 13.2. The molecule has 1 aliphatic heterocycles. The number of carbonyl (C=O) groups excluding carboxylic acids is 1. The number of hydrogen-bond donors (Lipinski definition) is 2. The molecule has 0 bridgehead atoms. The number of nitrogen functional groups attached to an aromatic ring is 1. The third-order valence-corrected chi connectivity index (χ3v) is 4.06. The molecule has 1 atom stereocenters. The van der Waals surface area contributed by atoms with Crippen LogP contribution in [-0.4, -0.2) is 50.6 Å². The summed E-state index contributed by atoms with van der Waals surface area (Å²) in [5, 5.41) is 3.13. The van der Waals surface area contributed by atoms with Gasteiger partial charge in [0.05, 0.1) is 11.4 Å². The second-order valence-electron chi connectivity index (χ2n) is 5.87. The molecule has 1 aromatic rings. The summed E-state index contributed by atoms with van der Waals surface area (Å²) >= 11 is 0. The molecule has 3 N–H and O–H groups in total. The van der Waals surface area contributed by atoms with Gasteiger partial charge in [-0.3, -0.25) is 4.79 Å². The average Bonchev–Trinajstić information content (AvgIpc) is 2.46. The molecule has 21 heavy (non-hydrogen) atoms. The smallest absolute Gasteiger partial charge is 0.251 e. The van der Waals surface area contributed by atoms with E-state index in [-0.39, 0.29) is 11.9 Å². The van der Waals surface area contributed by atoms with Crippen molar-refractivity contribution in [3.05, 3.63) is 23.8 Å². The Hall–Kier alpha value is -1.75. The number of amides is 1. The van der Waals surface area contributed by atoms with Crippen molar-refractivity contribution >= 4 is 17.3 Å². The van der Waals surface area contributed by atoms with Gasteiger partial charge in [0.1, 0.15) is 0 Å². The summed E-state index contributed by atoms with van der Waals surface area (Å²) in [5.74, 6) is -0.0324. The van der Waals surface area contributed by atoms with Gasteiger partial charge < -0.3 is 20.9 Å². The van der Waals surface area contributed by atoms with E-state index < -0.39 is 0 Å². The Morgan fingerprint density at radius 1 is 1.48 bits per heavy atom. The van der Waals surface area contributed by atoms with Crippen molar-refractivity contribution in [1.29, 1.82) is 0 Å². The van der Waals surface area contributed by atoms with Crippen molar-refractivity contribution < 1.29 is 4.79 Å². The summed E-state index contributed by atoms with van der Waals surface area (Å²) in [6, 6.07) is 5.72. The van der Waals surface area contributed by atoms with Crippen LogP contribution in [0.15, 0.2) is 18.2 Å². The van der Waals surface area contributed by atoms with E-state index in [4.69, 9.17) is 5.73 Å². The Morgan fingerprint density at radius 2 is 2.24 bits per heavy atom. The van der Waals surface area contributed by atoms with Gasteiger partial charge in [-0.2, -0.15) is 0 Å². The second-order valence-corrected chi connectivity index (χ2v) is 5.87. The molecular formula is C16H26N4O. The molecular weight excluding hydrogens is 264 g/mol. The van der Waals surface area contributed by atoms with Crippen LogP contribution in [0.4, 0.5) is 11.4 Å². The van der Waals surface area contributed by atoms with Gasteiger partial charge in [0.25, 0.3) is 5.91 Å². The van der Waals surface area contributed by atoms with Crippen molar-refractivity contribution in [2.24, 2.45) is 0 Å². The van der Waals surface area contributed by atoms with Gasteiger partial charge in [0.15, 0.2) is 0 Å². The van der Waals surface area contributed by atoms with Gasteiger partial charge in [-0.1, -0.05) is 6.92 Å². The number of carbonyl (C=O) groups is 1. The van der Waals surface area contributed by atoms with E-state index >= 15 is 0 Å². The molecule has 1 fully saturated rings. The Morgan fingerprint density at radius 3 is 2.86 bits per heavy atom. The average molecular weight is 290 g/mol. The lowest BCUT2D eigenvalue weighted by atomic mass is 10.0. The fourth-order valence-corrected chi connectivity index (χ4v) is 2.83. The minimum Gasteiger partial charge on any atom is -0.397 e. The minimum absolute atomic E-state index is 0.0324. The zero-order valence-corrected chi connectivity index (χ0v) is 13.2. The standard InChI is InChI=1S/C16H26N4O/c1-4-20-9-5-6-13(11-20)18-16(21)12-7-8-15(19(2)3)14(17)10-12/h7-8,10,13H,4-6,9,11,17H2,1-3H3,(H,18,21). The molecule has 1 amide bonds. The van der Waals surface area contributed by atoms with Crippen molar-refractivity contribution in [3.8, 4) is 0 Å². The van der Waals surface area contributed by atoms with Crippen molar-refractivity contribution in [2.45, 2.75) is 25.8 Å². The van der Waals surface area contributed by atoms with Crippen molar-refractivity contribution in [1.82, 2.24) is 10.2 Å². The number of piperidine rings is 1. The van der Waals surface area contributed by atoms with Crippen LogP contribution < -0.4 is 16.0 Å². The van der Waals surface area contributed by atoms with E-state index in [1.54, 1.807) is 6.07 Å². The molecule has 1 aromatic carbocycles. The van der Waals surface area contributed by atoms with E-state index in [0.29, 0.717) is 11.3 Å². The molecule has 1 heterocycles. The first kappa shape index (κ1) is 15.6. The highest BCUT2D eigenvalue weighted by Crippen LogP contribution is 2.22. The number of anilines is 2. The normalized spacial score (nSPS) is 19.3. The first-order valence-electron chi connectivity index (χ1n) is 7.61. The summed E-state index contributed by atoms with van der Waals surface area (Å²) in [6.07, 6.45) is 2.19. The molecule has 5 nitrogen and oxygen atoms in total. The number of likely N-dealkylation sites (tertiary alicyclic amines) is 1. The molecule has 0 aromatic heterocycles. The monoisotopic (exact) mass is 290 g/mol. The fraction of sp³-hybridized carbons (Fsp3) is 0.562. The first-order valence-corrected chi connectivity index (χ1v) is 7.61. The number of nitrogens with zero attached hydrogens (tertiary/aromatic N) is 2. The number of hydrogen-bond acceptors (Lipinski definition) is 4. The van der Waals surface area contributed by atoms with Gasteiger partial charge in [0.2, 0.25) is 0 Å². The fourth-order valence-electron chi connectivity index (χ4n) is 2.83. The molecule has 0 spiro atoms. The predicted molar refractivity (Wildman–Crippen MR) is 87.8 cm³/mol. The molecule has 1 aliphatic rings. The van der Waals surface area contributed by atoms with Crippen molar-refractivity contribution in [2.75, 3.05) is 44.4 Å². The highest BCUT2D eigenvalue weighted by Gasteiger charge is 2.21. The summed E-state index contributed by atoms with van der Waals surface area (Å²) < 4.78 is 0. The SMILES string of the molecule is CCN1CCCC(NC(=O)c2ccc(N(C)C)c(N)c2)C1. The summed E-state index contributed by atoms with van der Waals surface area (Å²) in [4.78, 5) is 16.7. The molecule has 5 heteroatoms. The summed E-state index contributed by atoms with van der Waals surface area (Å²) in [6.45, 7) is 5.27. The maximum Gasteiger partial charge on any atom is 0.251 e. The van der Waals surface area contributed by atoms with Gasteiger partial charge in [0, 0.05) is 32.2 Å². The third-order valence-electron chi connectivity index (χ3n) is 4.06. The van der Waals surface area contributed by atoms with Crippen LogP contribution in [-0.2, 0) is 0 Å². The largest absolute Gasteiger partial charge is 0.397 e.